The molecule has 1 saturated heterocycles. The molecule has 4 heterocycles. The van der Waals surface area contributed by atoms with Gasteiger partial charge in [0.15, 0.2) is 0 Å². The van der Waals surface area contributed by atoms with Crippen LogP contribution in [-0.4, -0.2) is 62.3 Å². The Bertz CT molecular complexity index is 872. The fourth-order valence-electron chi connectivity index (χ4n) is 4.18. The second kappa shape index (κ2) is 7.90. The fourth-order valence-corrected chi connectivity index (χ4v) is 4.18. The van der Waals surface area contributed by atoms with Gasteiger partial charge in [0.2, 0.25) is 5.91 Å². The minimum atomic E-state index is -0.407. The molecule has 4 rings (SSSR count). The zero-order valence-electron chi connectivity index (χ0n) is 16.8. The van der Waals surface area contributed by atoms with Gasteiger partial charge in [-0.15, -0.1) is 0 Å². The molecule has 0 saturated carbocycles. The summed E-state index contributed by atoms with van der Waals surface area (Å²) in [5.41, 5.74) is 1.97. The Morgan fingerprint density at radius 1 is 1.31 bits per heavy atom. The van der Waals surface area contributed by atoms with Gasteiger partial charge < -0.3 is 15.2 Å². The third kappa shape index (κ3) is 3.87. The van der Waals surface area contributed by atoms with E-state index in [2.05, 4.69) is 44.4 Å². The Hall–Kier alpha value is -2.81. The highest BCUT2D eigenvalue weighted by Crippen LogP contribution is 2.37. The lowest BCUT2D eigenvalue weighted by atomic mass is 9.78. The molecule has 0 aromatic carbocycles. The van der Waals surface area contributed by atoms with Crippen LogP contribution in [0.3, 0.4) is 0 Å². The number of amides is 2. The number of aromatic nitrogens is 4. The van der Waals surface area contributed by atoms with Crippen LogP contribution in [0.1, 0.15) is 48.6 Å². The van der Waals surface area contributed by atoms with Crippen molar-refractivity contribution in [3.8, 4) is 0 Å². The molecule has 2 aromatic heterocycles. The van der Waals surface area contributed by atoms with Crippen molar-refractivity contribution in [2.75, 3.05) is 19.6 Å². The standard InChI is InChI=1S/C20H27N7O2/c1-13(2)10-22-18(28)16-9-15-17(25-12-24-15)20(26-16)4-7-27(8-5-20)19(29)14-3-6-21-11-23-14/h3,6,11-13,16,26H,4-5,7-10H2,1-2H3,(H,22,28)(H,24,25)/t16-/m0/s1. The summed E-state index contributed by atoms with van der Waals surface area (Å²) in [6, 6.07) is 1.32. The van der Waals surface area contributed by atoms with E-state index in [4.69, 9.17) is 0 Å². The molecule has 3 N–H and O–H groups in total. The van der Waals surface area contributed by atoms with Crippen molar-refractivity contribution in [2.45, 2.75) is 44.7 Å². The first-order valence-electron chi connectivity index (χ1n) is 10.1. The molecule has 2 amide bonds. The number of likely N-dealkylation sites (tertiary alicyclic amines) is 1. The maximum Gasteiger partial charge on any atom is 0.272 e. The Labute approximate surface area is 169 Å². The molecule has 2 aliphatic heterocycles. The molecule has 1 spiro atoms. The summed E-state index contributed by atoms with van der Waals surface area (Å²) in [7, 11) is 0. The van der Waals surface area contributed by atoms with Crippen molar-refractivity contribution < 1.29 is 9.59 Å². The number of piperidine rings is 1. The number of imidazole rings is 1. The largest absolute Gasteiger partial charge is 0.354 e. The van der Waals surface area contributed by atoms with Crippen LogP contribution in [0.4, 0.5) is 0 Å². The molecule has 29 heavy (non-hydrogen) atoms. The van der Waals surface area contributed by atoms with Gasteiger partial charge >= 0.3 is 0 Å². The highest BCUT2D eigenvalue weighted by atomic mass is 16.2. The number of carbonyl (C=O) groups is 2. The molecule has 9 heteroatoms. The van der Waals surface area contributed by atoms with E-state index in [-0.39, 0.29) is 17.9 Å². The van der Waals surface area contributed by atoms with Crippen LogP contribution < -0.4 is 10.6 Å². The van der Waals surface area contributed by atoms with E-state index in [1.807, 2.05) is 4.90 Å². The fraction of sp³-hybridized carbons (Fsp3) is 0.550. The van der Waals surface area contributed by atoms with Gasteiger partial charge in [-0.1, -0.05) is 13.8 Å². The number of aromatic amines is 1. The van der Waals surface area contributed by atoms with E-state index >= 15 is 0 Å². The van der Waals surface area contributed by atoms with Gasteiger partial charge in [0.1, 0.15) is 12.0 Å². The van der Waals surface area contributed by atoms with Gasteiger partial charge in [-0.3, -0.25) is 14.9 Å². The molecule has 0 radical (unpaired) electrons. The maximum absolute atomic E-state index is 12.7. The van der Waals surface area contributed by atoms with Gasteiger partial charge in [0.05, 0.1) is 23.6 Å². The molecule has 154 valence electrons. The van der Waals surface area contributed by atoms with E-state index in [1.165, 1.54) is 6.33 Å². The third-order valence-corrected chi connectivity index (χ3v) is 5.74. The Morgan fingerprint density at radius 2 is 2.10 bits per heavy atom. The second-order valence-corrected chi connectivity index (χ2v) is 8.24. The minimum Gasteiger partial charge on any atom is -0.354 e. The number of fused-ring (bicyclic) bond motifs is 2. The lowest BCUT2D eigenvalue weighted by Crippen LogP contribution is -2.62. The molecule has 9 nitrogen and oxygen atoms in total. The van der Waals surface area contributed by atoms with Gasteiger partial charge in [-0.05, 0) is 24.8 Å². The van der Waals surface area contributed by atoms with E-state index in [0.29, 0.717) is 50.5 Å². The van der Waals surface area contributed by atoms with Crippen LogP contribution in [-0.2, 0) is 16.8 Å². The molecular formula is C20H27N7O2. The average Bonchev–Trinajstić information content (AvgIpc) is 3.22. The summed E-state index contributed by atoms with van der Waals surface area (Å²) < 4.78 is 0. The van der Waals surface area contributed by atoms with Crippen LogP contribution in [0, 0.1) is 5.92 Å². The minimum absolute atomic E-state index is 0.0119. The van der Waals surface area contributed by atoms with Crippen LogP contribution in [0.2, 0.25) is 0 Å². The topological polar surface area (TPSA) is 116 Å². The van der Waals surface area contributed by atoms with E-state index in [9.17, 15) is 9.59 Å². The number of carbonyl (C=O) groups excluding carboxylic acids is 2. The molecule has 1 fully saturated rings. The Balaban J connectivity index is 1.49. The molecule has 0 aliphatic carbocycles. The summed E-state index contributed by atoms with van der Waals surface area (Å²) in [4.78, 5) is 43.0. The van der Waals surface area contributed by atoms with E-state index in [0.717, 1.165) is 11.4 Å². The van der Waals surface area contributed by atoms with Crippen molar-refractivity contribution in [1.82, 2.24) is 35.5 Å². The molecule has 0 unspecified atom stereocenters. The summed E-state index contributed by atoms with van der Waals surface area (Å²) in [6.07, 6.45) is 6.62. The van der Waals surface area contributed by atoms with Crippen molar-refractivity contribution in [3.63, 3.8) is 0 Å². The summed E-state index contributed by atoms with van der Waals surface area (Å²) in [6.45, 7) is 5.95. The number of hydrogen-bond acceptors (Lipinski definition) is 6. The van der Waals surface area contributed by atoms with Gasteiger partial charge in [-0.2, -0.15) is 0 Å². The molecule has 2 aliphatic rings. The Morgan fingerprint density at radius 3 is 2.79 bits per heavy atom. The number of nitrogens with zero attached hydrogens (tertiary/aromatic N) is 4. The predicted molar refractivity (Wildman–Crippen MR) is 106 cm³/mol. The summed E-state index contributed by atoms with van der Waals surface area (Å²) >= 11 is 0. The van der Waals surface area contributed by atoms with Crippen molar-refractivity contribution in [3.05, 3.63) is 42.0 Å². The normalized spacial score (nSPS) is 20.5. The molecule has 0 bridgehead atoms. The van der Waals surface area contributed by atoms with Crippen LogP contribution in [0.15, 0.2) is 24.9 Å². The van der Waals surface area contributed by atoms with Crippen LogP contribution >= 0.6 is 0 Å². The first-order valence-corrected chi connectivity index (χ1v) is 10.1. The number of nitrogens with one attached hydrogen (secondary N) is 3. The van der Waals surface area contributed by atoms with E-state index < -0.39 is 5.54 Å². The monoisotopic (exact) mass is 397 g/mol. The maximum atomic E-state index is 12.7. The average molecular weight is 397 g/mol. The predicted octanol–water partition coefficient (Wildman–Crippen LogP) is 0.618. The Kier molecular flexibility index (Phi) is 5.31. The zero-order valence-corrected chi connectivity index (χ0v) is 16.8. The van der Waals surface area contributed by atoms with Crippen molar-refractivity contribution >= 4 is 11.8 Å². The smallest absolute Gasteiger partial charge is 0.272 e. The molecular weight excluding hydrogens is 370 g/mol. The summed E-state index contributed by atoms with van der Waals surface area (Å²) in [5.74, 6) is 0.319. The summed E-state index contributed by atoms with van der Waals surface area (Å²) in [5, 5.41) is 6.61. The quantitative estimate of drug-likeness (QED) is 0.696. The van der Waals surface area contributed by atoms with Crippen molar-refractivity contribution in [2.24, 2.45) is 5.92 Å². The lowest BCUT2D eigenvalue weighted by molar-refractivity contribution is -0.124. The highest BCUT2D eigenvalue weighted by molar-refractivity contribution is 5.92. The highest BCUT2D eigenvalue weighted by Gasteiger charge is 2.46. The van der Waals surface area contributed by atoms with Gasteiger partial charge in [0, 0.05) is 37.9 Å². The second-order valence-electron chi connectivity index (χ2n) is 8.24. The molecule has 1 atom stereocenters. The lowest BCUT2D eigenvalue weighted by Gasteiger charge is -2.46. The number of H-pyrrole nitrogens is 1. The van der Waals surface area contributed by atoms with Gasteiger partial charge in [0.25, 0.3) is 5.91 Å². The number of rotatable bonds is 4. The number of hydrogen-bond donors (Lipinski definition) is 3. The molecule has 2 aromatic rings. The van der Waals surface area contributed by atoms with Crippen LogP contribution in [0.25, 0.3) is 0 Å². The first-order chi connectivity index (χ1) is 14.0. The third-order valence-electron chi connectivity index (χ3n) is 5.74. The van der Waals surface area contributed by atoms with E-state index in [1.54, 1.807) is 18.6 Å². The van der Waals surface area contributed by atoms with Gasteiger partial charge in [-0.25, -0.2) is 15.0 Å². The SMILES string of the molecule is CC(C)CNC(=O)[C@@H]1Cc2[nH]cnc2C2(CCN(C(=O)c3ccncn3)CC2)N1. The van der Waals surface area contributed by atoms with Crippen molar-refractivity contribution in [1.29, 1.82) is 0 Å². The van der Waals surface area contributed by atoms with Crippen LogP contribution in [0.5, 0.6) is 0 Å². The zero-order chi connectivity index (χ0) is 20.4. The first kappa shape index (κ1) is 19.5.